The zero-order valence-corrected chi connectivity index (χ0v) is 11.8. The van der Waals surface area contributed by atoms with E-state index >= 15 is 0 Å². The van der Waals surface area contributed by atoms with Gasteiger partial charge in [-0.3, -0.25) is 0 Å². The van der Waals surface area contributed by atoms with E-state index in [9.17, 15) is 13.2 Å². The van der Waals surface area contributed by atoms with E-state index in [4.69, 9.17) is 46.4 Å². The molecule has 0 amide bonds. The van der Waals surface area contributed by atoms with Gasteiger partial charge in [0.05, 0.1) is 11.1 Å². The van der Waals surface area contributed by atoms with E-state index < -0.39 is 31.4 Å². The first-order chi connectivity index (χ1) is 7.26. The molecule has 2 atom stereocenters. The van der Waals surface area contributed by atoms with Crippen LogP contribution in [0.25, 0.3) is 0 Å². The van der Waals surface area contributed by atoms with Gasteiger partial charge in [0.2, 0.25) is 0 Å². The lowest BCUT2D eigenvalue weighted by molar-refractivity contribution is 0.563. The van der Waals surface area contributed by atoms with Gasteiger partial charge in [-0.05, 0) is 12.8 Å². The molecule has 2 unspecified atom stereocenters. The molecule has 0 aliphatic rings. The van der Waals surface area contributed by atoms with Gasteiger partial charge in [-0.2, -0.15) is 0 Å². The summed E-state index contributed by atoms with van der Waals surface area (Å²) in [6.07, 6.45) is 1.45. The molecule has 0 spiro atoms. The van der Waals surface area contributed by atoms with Crippen LogP contribution in [0, 0.1) is 0 Å². The molecule has 0 N–H and O–H groups in total. The molecule has 4 nitrogen and oxygen atoms in total. The third-order valence-electron chi connectivity index (χ3n) is 1.51. The van der Waals surface area contributed by atoms with Gasteiger partial charge >= 0.3 is 0 Å². The van der Waals surface area contributed by atoms with Crippen molar-refractivity contribution in [3.8, 4) is 0 Å². The fourth-order valence-electron chi connectivity index (χ4n) is 0.958. The summed E-state index contributed by atoms with van der Waals surface area (Å²) in [6.45, 7) is 0. The molecule has 0 radical (unpaired) electrons. The van der Waals surface area contributed by atoms with Crippen LogP contribution in [0.2, 0.25) is 0 Å². The summed E-state index contributed by atoms with van der Waals surface area (Å²) in [5, 5.41) is -1.19. The highest BCUT2D eigenvalue weighted by Crippen LogP contribution is 2.21. The van der Waals surface area contributed by atoms with Gasteiger partial charge in [0.1, 0.15) is 4.84 Å². The summed E-state index contributed by atoms with van der Waals surface area (Å²) in [7, 11) is -3.86. The molecule has 0 aliphatic heterocycles. The fraction of sp³-hybridized carbons (Fsp3) is 0.857. The Hall–Kier alpha value is 0.490. The minimum absolute atomic E-state index is 0.201. The predicted molar refractivity (Wildman–Crippen MR) is 65.9 cm³/mol. The Bertz CT molecular complexity index is 353. The minimum Gasteiger partial charge on any atom is -0.210 e. The Kier molecular flexibility index (Phi) is 7.98. The van der Waals surface area contributed by atoms with Crippen LogP contribution in [-0.2, 0) is 14.8 Å². The second kappa shape index (κ2) is 7.75. The van der Waals surface area contributed by atoms with E-state index in [1.807, 2.05) is 0 Å². The number of hydrogen-bond acceptors (Lipinski definition) is 3. The predicted octanol–water partition coefficient (Wildman–Crippen LogP) is 2.45. The zero-order valence-electron chi connectivity index (χ0n) is 7.95. The van der Waals surface area contributed by atoms with E-state index in [0.717, 1.165) is 6.08 Å². The molecule has 94 valence electrons. The Morgan fingerprint density at radius 1 is 1.06 bits per heavy atom. The molecule has 0 aromatic carbocycles. The van der Waals surface area contributed by atoms with Crippen LogP contribution < -0.4 is 0 Å². The molecule has 0 aliphatic carbocycles. The van der Waals surface area contributed by atoms with Gasteiger partial charge < -0.3 is 0 Å². The highest BCUT2D eigenvalue weighted by molar-refractivity contribution is 7.90. The number of hydrogen-bond donors (Lipinski definition) is 0. The van der Waals surface area contributed by atoms with Crippen LogP contribution in [0.3, 0.4) is 0 Å². The van der Waals surface area contributed by atoms with Crippen LogP contribution in [0.15, 0.2) is 4.40 Å². The van der Waals surface area contributed by atoms with Crippen molar-refractivity contribution in [3.63, 3.8) is 0 Å². The maximum Gasteiger partial charge on any atom is 0.264 e. The number of alkyl halides is 4. The van der Waals surface area contributed by atoms with Crippen molar-refractivity contribution in [2.24, 2.45) is 4.40 Å². The molecule has 0 rings (SSSR count). The van der Waals surface area contributed by atoms with Gasteiger partial charge in [-0.1, -0.05) is 4.40 Å². The van der Waals surface area contributed by atoms with E-state index in [0.29, 0.717) is 6.42 Å². The SMILES string of the molecule is O=C=NS(=O)(=O)CC(Cl)CC(Cl)CC(Cl)Cl. The van der Waals surface area contributed by atoms with E-state index in [1.54, 1.807) is 0 Å². The third-order valence-corrected chi connectivity index (χ3v) is 3.92. The first-order valence-electron chi connectivity index (χ1n) is 4.15. The van der Waals surface area contributed by atoms with Gasteiger partial charge in [-0.15, -0.1) is 46.4 Å². The van der Waals surface area contributed by atoms with E-state index in [2.05, 4.69) is 4.40 Å². The highest BCUT2D eigenvalue weighted by Gasteiger charge is 2.20. The highest BCUT2D eigenvalue weighted by atomic mass is 35.5. The Morgan fingerprint density at radius 2 is 1.62 bits per heavy atom. The number of halogens is 4. The summed E-state index contributed by atoms with van der Waals surface area (Å²) in [6, 6.07) is 0. The van der Waals surface area contributed by atoms with Crippen LogP contribution in [-0.4, -0.2) is 35.8 Å². The summed E-state index contributed by atoms with van der Waals surface area (Å²) in [5.41, 5.74) is 0. The summed E-state index contributed by atoms with van der Waals surface area (Å²) < 4.78 is 24.7. The molecule has 9 heteroatoms. The smallest absolute Gasteiger partial charge is 0.210 e. The van der Waals surface area contributed by atoms with E-state index in [1.165, 1.54) is 0 Å². The lowest BCUT2D eigenvalue weighted by atomic mass is 10.2. The molecule has 0 heterocycles. The van der Waals surface area contributed by atoms with Gasteiger partial charge in [0, 0.05) is 5.38 Å². The minimum atomic E-state index is -3.86. The van der Waals surface area contributed by atoms with Crippen LogP contribution in [0.1, 0.15) is 12.8 Å². The maximum absolute atomic E-state index is 11.0. The molecule has 0 aromatic heterocycles. The third kappa shape index (κ3) is 8.62. The molecular formula is C7H9Cl4NO3S. The van der Waals surface area contributed by atoms with E-state index in [-0.39, 0.29) is 6.42 Å². The normalized spacial score (nSPS) is 15.6. The van der Waals surface area contributed by atoms with Crippen molar-refractivity contribution in [2.45, 2.75) is 28.4 Å². The van der Waals surface area contributed by atoms with Crippen molar-refractivity contribution in [1.29, 1.82) is 0 Å². The average Bonchev–Trinajstić information content (AvgIpc) is 1.98. The topological polar surface area (TPSA) is 63.6 Å². The largest absolute Gasteiger partial charge is 0.264 e. The second-order valence-corrected chi connectivity index (χ2v) is 7.18. The van der Waals surface area contributed by atoms with Gasteiger partial charge in [0.25, 0.3) is 16.1 Å². The maximum atomic E-state index is 11.0. The second-order valence-electron chi connectivity index (χ2n) is 2.99. The molecular weight excluding hydrogens is 320 g/mol. The number of carbonyl (C=O) groups excluding carboxylic acids is 1. The van der Waals surface area contributed by atoms with Crippen molar-refractivity contribution < 1.29 is 13.2 Å². The van der Waals surface area contributed by atoms with Crippen LogP contribution in [0.5, 0.6) is 0 Å². The Morgan fingerprint density at radius 3 is 2.06 bits per heavy atom. The number of sulfonamides is 1. The van der Waals surface area contributed by atoms with Gasteiger partial charge in [-0.25, -0.2) is 13.2 Å². The lowest BCUT2D eigenvalue weighted by Gasteiger charge is -2.13. The Balaban J connectivity index is 4.18. The van der Waals surface area contributed by atoms with Crippen molar-refractivity contribution in [3.05, 3.63) is 0 Å². The van der Waals surface area contributed by atoms with Crippen LogP contribution >= 0.6 is 46.4 Å². The Labute approximate surface area is 114 Å². The average molecular weight is 329 g/mol. The number of nitrogens with zero attached hydrogens (tertiary/aromatic N) is 1. The first-order valence-corrected chi connectivity index (χ1v) is 7.50. The molecule has 0 saturated carbocycles. The zero-order chi connectivity index (χ0) is 12.8. The van der Waals surface area contributed by atoms with Gasteiger partial charge in [0.15, 0.2) is 0 Å². The molecule has 0 aromatic rings. The van der Waals surface area contributed by atoms with Crippen molar-refractivity contribution in [2.75, 3.05) is 5.75 Å². The number of isocyanates is 1. The molecule has 0 fully saturated rings. The molecule has 0 bridgehead atoms. The van der Waals surface area contributed by atoms with Crippen molar-refractivity contribution in [1.82, 2.24) is 0 Å². The standard InChI is InChI=1S/C7H9Cl4NO3S/c8-5(2-7(10)11)1-6(9)3-16(14,15)12-4-13/h5-7H,1-3H2. The fourth-order valence-corrected chi connectivity index (χ4v) is 3.53. The lowest BCUT2D eigenvalue weighted by Crippen LogP contribution is -2.19. The summed E-state index contributed by atoms with van der Waals surface area (Å²) in [4.78, 5) is 9.17. The summed E-state index contributed by atoms with van der Waals surface area (Å²) in [5.74, 6) is -0.470. The summed E-state index contributed by atoms with van der Waals surface area (Å²) >= 11 is 22.5. The first kappa shape index (κ1) is 16.5. The molecule has 0 saturated heterocycles. The molecule has 16 heavy (non-hydrogen) atoms. The van der Waals surface area contributed by atoms with Crippen molar-refractivity contribution >= 4 is 62.5 Å². The quantitative estimate of drug-likeness (QED) is 0.409. The monoisotopic (exact) mass is 327 g/mol. The van der Waals surface area contributed by atoms with Crippen LogP contribution in [0.4, 0.5) is 0 Å². The number of rotatable bonds is 7.